The monoisotopic (exact) mass is 434 g/mol. The number of amides is 1. The zero-order valence-electron chi connectivity index (χ0n) is 19.7. The third kappa shape index (κ3) is 5.07. The molecular formula is C26H30N2O4. The van der Waals surface area contributed by atoms with Crippen molar-refractivity contribution in [2.45, 2.75) is 59.3 Å². The summed E-state index contributed by atoms with van der Waals surface area (Å²) in [5.41, 5.74) is 3.30. The first kappa shape index (κ1) is 23.3. The van der Waals surface area contributed by atoms with Crippen LogP contribution in [0.1, 0.15) is 70.7 Å². The van der Waals surface area contributed by atoms with Crippen LogP contribution in [-0.4, -0.2) is 22.9 Å². The molecule has 0 aromatic heterocycles. The van der Waals surface area contributed by atoms with Crippen molar-refractivity contribution < 1.29 is 19.4 Å². The minimum atomic E-state index is -0.534. The lowest BCUT2D eigenvalue weighted by Crippen LogP contribution is -2.17. The van der Waals surface area contributed by atoms with E-state index in [1.165, 1.54) is 6.92 Å². The van der Waals surface area contributed by atoms with Crippen LogP contribution in [0.2, 0.25) is 0 Å². The molecule has 0 unspecified atom stereocenters. The molecule has 0 spiro atoms. The minimum Gasteiger partial charge on any atom is -0.507 e. The van der Waals surface area contributed by atoms with E-state index in [9.17, 15) is 14.7 Å². The van der Waals surface area contributed by atoms with Crippen molar-refractivity contribution >= 4 is 29.5 Å². The average molecular weight is 435 g/mol. The van der Waals surface area contributed by atoms with Gasteiger partial charge < -0.3 is 15.2 Å². The molecule has 0 fully saturated rings. The van der Waals surface area contributed by atoms with E-state index in [1.54, 1.807) is 30.3 Å². The Hall–Kier alpha value is -3.41. The smallest absolute Gasteiger partial charge is 0.363 e. The second-order valence-electron chi connectivity index (χ2n) is 10.1. The number of hydrogen-bond donors (Lipinski definition) is 2. The number of ether oxygens (including phenoxy) is 1. The van der Waals surface area contributed by atoms with Gasteiger partial charge in [-0.25, -0.2) is 9.79 Å². The summed E-state index contributed by atoms with van der Waals surface area (Å²) in [6.45, 7) is 13.7. The van der Waals surface area contributed by atoms with Crippen molar-refractivity contribution in [3.05, 3.63) is 64.3 Å². The minimum absolute atomic E-state index is 0.161. The quantitative estimate of drug-likeness (QED) is 0.507. The summed E-state index contributed by atoms with van der Waals surface area (Å²) in [4.78, 5) is 28.1. The summed E-state index contributed by atoms with van der Waals surface area (Å²) in [5, 5.41) is 13.6. The number of carbonyl (C=O) groups excluding carboxylic acids is 2. The molecular weight excluding hydrogens is 404 g/mol. The van der Waals surface area contributed by atoms with Crippen LogP contribution in [0, 0.1) is 0 Å². The molecule has 168 valence electrons. The van der Waals surface area contributed by atoms with Gasteiger partial charge in [0.05, 0.1) is 0 Å². The van der Waals surface area contributed by atoms with Gasteiger partial charge in [0.1, 0.15) is 5.75 Å². The predicted molar refractivity (Wildman–Crippen MR) is 127 cm³/mol. The largest absolute Gasteiger partial charge is 0.507 e. The van der Waals surface area contributed by atoms with E-state index >= 15 is 0 Å². The molecule has 32 heavy (non-hydrogen) atoms. The lowest BCUT2D eigenvalue weighted by molar-refractivity contribution is -0.129. The van der Waals surface area contributed by atoms with Crippen LogP contribution in [0.5, 0.6) is 5.75 Å². The fourth-order valence-corrected chi connectivity index (χ4v) is 3.47. The van der Waals surface area contributed by atoms with Crippen LogP contribution in [0.4, 0.5) is 5.69 Å². The van der Waals surface area contributed by atoms with Gasteiger partial charge in [0, 0.05) is 29.3 Å². The Labute approximate surface area is 189 Å². The van der Waals surface area contributed by atoms with Crippen LogP contribution < -0.4 is 5.32 Å². The molecule has 2 aromatic carbocycles. The van der Waals surface area contributed by atoms with Gasteiger partial charge in [-0.3, -0.25) is 4.79 Å². The summed E-state index contributed by atoms with van der Waals surface area (Å²) in [7, 11) is 0. The van der Waals surface area contributed by atoms with E-state index in [0.29, 0.717) is 11.3 Å². The van der Waals surface area contributed by atoms with Crippen LogP contribution >= 0.6 is 0 Å². The number of carbonyl (C=O) groups is 2. The van der Waals surface area contributed by atoms with E-state index in [-0.39, 0.29) is 34.1 Å². The van der Waals surface area contributed by atoms with Crippen LogP contribution in [0.25, 0.3) is 6.08 Å². The molecule has 2 N–H and O–H groups in total. The van der Waals surface area contributed by atoms with Crippen molar-refractivity contribution in [2.24, 2.45) is 4.99 Å². The Kier molecular flexibility index (Phi) is 6.00. The lowest BCUT2D eigenvalue weighted by Gasteiger charge is -2.27. The van der Waals surface area contributed by atoms with Gasteiger partial charge >= 0.3 is 5.97 Å². The highest BCUT2D eigenvalue weighted by Gasteiger charge is 2.28. The molecule has 0 saturated carbocycles. The molecule has 0 atom stereocenters. The van der Waals surface area contributed by atoms with E-state index in [1.807, 2.05) is 53.7 Å². The summed E-state index contributed by atoms with van der Waals surface area (Å²) in [5.74, 6) is -0.203. The molecule has 1 heterocycles. The van der Waals surface area contributed by atoms with Crippen molar-refractivity contribution in [1.82, 2.24) is 0 Å². The number of phenolic OH excluding ortho intramolecular Hbond substituents is 1. The first-order valence-corrected chi connectivity index (χ1v) is 10.5. The van der Waals surface area contributed by atoms with E-state index in [2.05, 4.69) is 10.3 Å². The fourth-order valence-electron chi connectivity index (χ4n) is 3.47. The number of phenols is 1. The first-order chi connectivity index (χ1) is 14.8. The van der Waals surface area contributed by atoms with Crippen LogP contribution in [-0.2, 0) is 25.2 Å². The summed E-state index contributed by atoms with van der Waals surface area (Å²) < 4.78 is 5.38. The number of esters is 1. The molecule has 1 amide bonds. The highest BCUT2D eigenvalue weighted by molar-refractivity contribution is 6.13. The topological polar surface area (TPSA) is 88.0 Å². The molecule has 6 nitrogen and oxygen atoms in total. The van der Waals surface area contributed by atoms with Gasteiger partial charge in [-0.05, 0) is 58.9 Å². The van der Waals surface area contributed by atoms with Gasteiger partial charge in [0.15, 0.2) is 5.70 Å². The Morgan fingerprint density at radius 3 is 2.00 bits per heavy atom. The number of aliphatic imine (C=N–C) groups is 1. The normalized spacial score (nSPS) is 15.5. The van der Waals surface area contributed by atoms with Gasteiger partial charge in [-0.1, -0.05) is 41.5 Å². The number of hydrogen-bond acceptors (Lipinski definition) is 5. The molecule has 0 aliphatic carbocycles. The summed E-state index contributed by atoms with van der Waals surface area (Å²) in [6, 6.07) is 10.7. The average Bonchev–Trinajstić information content (AvgIpc) is 3.01. The van der Waals surface area contributed by atoms with Crippen molar-refractivity contribution in [3.63, 3.8) is 0 Å². The summed E-state index contributed by atoms with van der Waals surface area (Å²) in [6.07, 6.45) is 1.69. The Bertz CT molecular complexity index is 1090. The second-order valence-corrected chi connectivity index (χ2v) is 10.1. The number of benzene rings is 2. The van der Waals surface area contributed by atoms with Crippen molar-refractivity contribution in [3.8, 4) is 5.75 Å². The SMILES string of the molecule is CC(=O)Nc1ccc(C2=N/C(=C\c3cc(C(C)(C)C)c(O)c(C(C)(C)C)c3)C(=O)O2)cc1. The fraction of sp³-hybridized carbons (Fsp3) is 0.346. The number of anilines is 1. The predicted octanol–water partition coefficient (Wildman–Crippen LogP) is 5.29. The number of nitrogens with zero attached hydrogens (tertiary/aromatic N) is 1. The van der Waals surface area contributed by atoms with Crippen LogP contribution in [0.3, 0.4) is 0 Å². The van der Waals surface area contributed by atoms with Gasteiger partial charge in [0.2, 0.25) is 11.8 Å². The molecule has 0 radical (unpaired) electrons. The first-order valence-electron chi connectivity index (χ1n) is 10.5. The molecule has 3 rings (SSSR count). The standard InChI is InChI=1S/C26H30N2O4/c1-15(29)27-18-10-8-17(9-11-18)23-28-21(24(31)32-23)14-16-12-19(25(2,3)4)22(30)20(13-16)26(5,6)7/h8-14,30H,1-7H3,(H,27,29)/b21-14-. The maximum Gasteiger partial charge on any atom is 0.363 e. The number of cyclic esters (lactones) is 1. The number of nitrogens with one attached hydrogen (secondary N) is 1. The van der Waals surface area contributed by atoms with Gasteiger partial charge in [-0.15, -0.1) is 0 Å². The Morgan fingerprint density at radius 2 is 1.53 bits per heavy atom. The van der Waals surface area contributed by atoms with Crippen molar-refractivity contribution in [1.29, 1.82) is 0 Å². The third-order valence-corrected chi connectivity index (χ3v) is 5.12. The number of aromatic hydroxyl groups is 1. The third-order valence-electron chi connectivity index (χ3n) is 5.12. The molecule has 0 bridgehead atoms. The summed E-state index contributed by atoms with van der Waals surface area (Å²) >= 11 is 0. The van der Waals surface area contributed by atoms with E-state index in [4.69, 9.17) is 4.74 Å². The molecule has 6 heteroatoms. The lowest BCUT2D eigenvalue weighted by atomic mass is 9.78. The second kappa shape index (κ2) is 8.26. The maximum atomic E-state index is 12.5. The van der Waals surface area contributed by atoms with E-state index in [0.717, 1.165) is 16.7 Å². The highest BCUT2D eigenvalue weighted by atomic mass is 16.6. The molecule has 0 saturated heterocycles. The van der Waals surface area contributed by atoms with Crippen LogP contribution in [0.15, 0.2) is 47.1 Å². The zero-order valence-corrected chi connectivity index (χ0v) is 19.7. The zero-order chi connectivity index (χ0) is 23.8. The highest BCUT2D eigenvalue weighted by Crippen LogP contribution is 2.40. The number of rotatable bonds is 3. The van der Waals surface area contributed by atoms with Gasteiger partial charge in [0.25, 0.3) is 0 Å². The maximum absolute atomic E-state index is 12.5. The Balaban J connectivity index is 2.01. The molecule has 2 aromatic rings. The van der Waals surface area contributed by atoms with Gasteiger partial charge in [-0.2, -0.15) is 0 Å². The van der Waals surface area contributed by atoms with E-state index < -0.39 is 5.97 Å². The molecule has 1 aliphatic rings. The molecule has 1 aliphatic heterocycles. The van der Waals surface area contributed by atoms with Crippen molar-refractivity contribution in [2.75, 3.05) is 5.32 Å². The Morgan fingerprint density at radius 1 is 1.00 bits per heavy atom.